The Balaban J connectivity index is 1.64. The van der Waals surface area contributed by atoms with Gasteiger partial charge in [-0.25, -0.2) is 9.97 Å². The van der Waals surface area contributed by atoms with Crippen molar-refractivity contribution in [2.24, 2.45) is 0 Å². The Morgan fingerprint density at radius 3 is 2.62 bits per heavy atom. The first-order chi connectivity index (χ1) is 13.8. The minimum Gasteiger partial charge on any atom is -0.356 e. The van der Waals surface area contributed by atoms with Gasteiger partial charge in [-0.05, 0) is 31.5 Å². The standard InChI is InChI=1S/C18H16F3N7O/c1-8-11(5-22-14(8)17(29)26-9(2)15-24-7-25-28-15)12-6-23-16-10(12)3-4-13(27-16)18(19,20)21/h3-7,9,22H,1-2H3,(H,23,27)(H,26,29)(H,24,25,28). The van der Waals surface area contributed by atoms with Gasteiger partial charge in [-0.15, -0.1) is 0 Å². The summed E-state index contributed by atoms with van der Waals surface area (Å²) < 4.78 is 38.6. The van der Waals surface area contributed by atoms with Crippen molar-refractivity contribution in [3.8, 4) is 11.1 Å². The molecule has 4 aromatic rings. The molecule has 1 atom stereocenters. The van der Waals surface area contributed by atoms with E-state index in [0.717, 1.165) is 6.07 Å². The minimum absolute atomic E-state index is 0.125. The maximum Gasteiger partial charge on any atom is 0.433 e. The fourth-order valence-electron chi connectivity index (χ4n) is 3.16. The van der Waals surface area contributed by atoms with Crippen LogP contribution < -0.4 is 5.32 Å². The number of hydrogen-bond acceptors (Lipinski definition) is 4. The molecule has 0 fully saturated rings. The second kappa shape index (κ2) is 6.76. The number of amides is 1. The second-order valence-corrected chi connectivity index (χ2v) is 6.56. The quantitative estimate of drug-likeness (QED) is 0.417. The molecule has 0 aliphatic heterocycles. The van der Waals surface area contributed by atoms with Crippen molar-refractivity contribution in [3.05, 3.63) is 53.6 Å². The Morgan fingerprint density at radius 2 is 1.93 bits per heavy atom. The van der Waals surface area contributed by atoms with Crippen LogP contribution in [0.3, 0.4) is 0 Å². The normalized spacial score (nSPS) is 13.0. The van der Waals surface area contributed by atoms with Gasteiger partial charge in [-0.1, -0.05) is 0 Å². The number of nitrogens with one attached hydrogen (secondary N) is 4. The molecule has 1 unspecified atom stereocenters. The van der Waals surface area contributed by atoms with E-state index in [1.807, 2.05) is 0 Å². The molecule has 0 aliphatic rings. The monoisotopic (exact) mass is 403 g/mol. The zero-order valence-corrected chi connectivity index (χ0v) is 15.3. The number of rotatable bonds is 4. The third kappa shape index (κ3) is 3.35. The molecule has 0 saturated heterocycles. The van der Waals surface area contributed by atoms with Crippen LogP contribution in [-0.4, -0.2) is 36.0 Å². The van der Waals surface area contributed by atoms with Crippen molar-refractivity contribution >= 4 is 16.9 Å². The Kier molecular flexibility index (Phi) is 4.36. The maximum atomic E-state index is 12.9. The molecule has 0 aliphatic carbocycles. The summed E-state index contributed by atoms with van der Waals surface area (Å²) in [6.45, 7) is 3.53. The first-order valence-corrected chi connectivity index (χ1v) is 8.65. The van der Waals surface area contributed by atoms with Crippen molar-refractivity contribution < 1.29 is 18.0 Å². The van der Waals surface area contributed by atoms with Crippen LogP contribution in [0.15, 0.2) is 30.9 Å². The molecular formula is C18H16F3N7O. The second-order valence-electron chi connectivity index (χ2n) is 6.56. The molecule has 150 valence electrons. The van der Waals surface area contributed by atoms with E-state index >= 15 is 0 Å². The lowest BCUT2D eigenvalue weighted by Crippen LogP contribution is -2.28. The van der Waals surface area contributed by atoms with Crippen LogP contribution in [0.4, 0.5) is 13.2 Å². The van der Waals surface area contributed by atoms with E-state index in [1.54, 1.807) is 26.2 Å². The Bertz CT molecular complexity index is 1170. The van der Waals surface area contributed by atoms with Crippen molar-refractivity contribution in [1.29, 1.82) is 0 Å². The molecule has 1 amide bonds. The van der Waals surface area contributed by atoms with Gasteiger partial charge in [0.2, 0.25) is 0 Å². The minimum atomic E-state index is -4.52. The lowest BCUT2D eigenvalue weighted by molar-refractivity contribution is -0.141. The fourth-order valence-corrected chi connectivity index (χ4v) is 3.16. The molecule has 11 heteroatoms. The number of aromatic nitrogens is 6. The van der Waals surface area contributed by atoms with E-state index in [1.165, 1.54) is 12.4 Å². The number of hydrogen-bond donors (Lipinski definition) is 4. The molecule has 0 spiro atoms. The summed E-state index contributed by atoms with van der Waals surface area (Å²) in [6, 6.07) is 1.93. The van der Waals surface area contributed by atoms with E-state index in [9.17, 15) is 18.0 Å². The molecule has 4 rings (SSSR count). The average Bonchev–Trinajstić information content (AvgIpc) is 3.39. The lowest BCUT2D eigenvalue weighted by atomic mass is 10.0. The molecule has 0 aromatic carbocycles. The summed E-state index contributed by atoms with van der Waals surface area (Å²) in [5, 5.41) is 9.79. The third-order valence-corrected chi connectivity index (χ3v) is 4.68. The highest BCUT2D eigenvalue weighted by atomic mass is 19.4. The van der Waals surface area contributed by atoms with E-state index in [4.69, 9.17) is 0 Å². The van der Waals surface area contributed by atoms with Crippen LogP contribution in [0.25, 0.3) is 22.2 Å². The van der Waals surface area contributed by atoms with Gasteiger partial charge in [0, 0.05) is 28.9 Å². The summed E-state index contributed by atoms with van der Waals surface area (Å²) >= 11 is 0. The first-order valence-electron chi connectivity index (χ1n) is 8.65. The van der Waals surface area contributed by atoms with E-state index in [-0.39, 0.29) is 17.6 Å². The lowest BCUT2D eigenvalue weighted by Gasteiger charge is -2.10. The highest BCUT2D eigenvalue weighted by Gasteiger charge is 2.33. The van der Waals surface area contributed by atoms with Gasteiger partial charge in [0.25, 0.3) is 5.91 Å². The number of pyridine rings is 1. The first kappa shape index (κ1) is 18.7. The number of alkyl halides is 3. The van der Waals surface area contributed by atoms with Gasteiger partial charge in [-0.2, -0.15) is 18.3 Å². The van der Waals surface area contributed by atoms with Crippen LogP contribution >= 0.6 is 0 Å². The summed E-state index contributed by atoms with van der Waals surface area (Å²) in [7, 11) is 0. The number of nitrogens with zero attached hydrogens (tertiary/aromatic N) is 3. The average molecular weight is 403 g/mol. The van der Waals surface area contributed by atoms with Crippen LogP contribution in [0.2, 0.25) is 0 Å². The smallest absolute Gasteiger partial charge is 0.356 e. The maximum absolute atomic E-state index is 12.9. The zero-order chi connectivity index (χ0) is 20.8. The summed E-state index contributed by atoms with van der Waals surface area (Å²) in [5.74, 6) is 0.181. The predicted molar refractivity (Wildman–Crippen MR) is 97.9 cm³/mol. The van der Waals surface area contributed by atoms with Gasteiger partial charge >= 0.3 is 6.18 Å². The van der Waals surface area contributed by atoms with Gasteiger partial charge in [0.15, 0.2) is 0 Å². The van der Waals surface area contributed by atoms with Gasteiger partial charge in [0.05, 0.1) is 6.04 Å². The number of H-pyrrole nitrogens is 3. The molecule has 0 bridgehead atoms. The Hall–Kier alpha value is -3.63. The highest BCUT2D eigenvalue weighted by Crippen LogP contribution is 2.34. The number of carbonyl (C=O) groups is 1. The van der Waals surface area contributed by atoms with Gasteiger partial charge in [0.1, 0.15) is 29.2 Å². The van der Waals surface area contributed by atoms with Crippen molar-refractivity contribution in [2.45, 2.75) is 26.1 Å². The highest BCUT2D eigenvalue weighted by molar-refractivity contribution is 6.00. The number of carbonyl (C=O) groups excluding carboxylic acids is 1. The zero-order valence-electron chi connectivity index (χ0n) is 15.3. The molecular weight excluding hydrogens is 387 g/mol. The SMILES string of the molecule is Cc1c(-c2c[nH]c3nc(C(F)(F)F)ccc23)c[nH]c1C(=O)NC(C)c1ncn[nH]1. The molecule has 0 radical (unpaired) electrons. The van der Waals surface area contributed by atoms with E-state index < -0.39 is 11.9 Å². The third-order valence-electron chi connectivity index (χ3n) is 4.68. The van der Waals surface area contributed by atoms with Gasteiger partial charge < -0.3 is 15.3 Å². The van der Waals surface area contributed by atoms with Gasteiger partial charge in [-0.3, -0.25) is 9.89 Å². The topological polar surface area (TPSA) is 115 Å². The molecule has 4 aromatic heterocycles. The Morgan fingerprint density at radius 1 is 1.17 bits per heavy atom. The number of aromatic amines is 3. The predicted octanol–water partition coefficient (Wildman–Crippen LogP) is 3.49. The van der Waals surface area contributed by atoms with E-state index in [2.05, 4.69) is 35.5 Å². The number of fused-ring (bicyclic) bond motifs is 1. The van der Waals surface area contributed by atoms with Crippen LogP contribution in [-0.2, 0) is 6.18 Å². The summed E-state index contributed by atoms with van der Waals surface area (Å²) in [4.78, 5) is 26.0. The molecule has 4 N–H and O–H groups in total. The summed E-state index contributed by atoms with van der Waals surface area (Å²) in [6.07, 6.45) is 0.0522. The van der Waals surface area contributed by atoms with Crippen molar-refractivity contribution in [2.75, 3.05) is 0 Å². The van der Waals surface area contributed by atoms with Crippen molar-refractivity contribution in [1.82, 2.24) is 35.5 Å². The molecule has 29 heavy (non-hydrogen) atoms. The largest absolute Gasteiger partial charge is 0.433 e. The number of halogens is 3. The summed E-state index contributed by atoms with van der Waals surface area (Å²) in [5.41, 5.74) is 1.51. The van der Waals surface area contributed by atoms with Crippen LogP contribution in [0.5, 0.6) is 0 Å². The fraction of sp³-hybridized carbons (Fsp3) is 0.222. The molecule has 8 nitrogen and oxygen atoms in total. The Labute approximate surface area is 162 Å². The molecule has 0 saturated carbocycles. The van der Waals surface area contributed by atoms with Crippen molar-refractivity contribution in [3.63, 3.8) is 0 Å². The van der Waals surface area contributed by atoms with Crippen LogP contribution in [0, 0.1) is 6.92 Å². The van der Waals surface area contributed by atoms with Crippen LogP contribution in [0.1, 0.15) is 40.5 Å². The van der Waals surface area contributed by atoms with E-state index in [0.29, 0.717) is 33.6 Å². The molecule has 4 heterocycles.